The average molecular weight is 453 g/mol. The van der Waals surface area contributed by atoms with Crippen molar-refractivity contribution in [2.45, 2.75) is 13.5 Å². The summed E-state index contributed by atoms with van der Waals surface area (Å²) in [6.07, 6.45) is 0. The van der Waals surface area contributed by atoms with Gasteiger partial charge in [0.25, 0.3) is 11.8 Å². The molecule has 0 saturated carbocycles. The molecule has 0 aliphatic carbocycles. The van der Waals surface area contributed by atoms with Gasteiger partial charge >= 0.3 is 0 Å². The highest BCUT2D eigenvalue weighted by atomic mass is 32.1. The van der Waals surface area contributed by atoms with Crippen molar-refractivity contribution in [3.05, 3.63) is 76.3 Å². The summed E-state index contributed by atoms with van der Waals surface area (Å²) in [6.45, 7) is 4.79. The number of hydrogen-bond donors (Lipinski definition) is 2. The number of anilines is 1. The van der Waals surface area contributed by atoms with Gasteiger partial charge in [0.05, 0.1) is 18.9 Å². The molecule has 2 heterocycles. The van der Waals surface area contributed by atoms with Crippen molar-refractivity contribution in [1.82, 2.24) is 15.8 Å². The Hall–Kier alpha value is -3.43. The zero-order chi connectivity index (χ0) is 22.3. The van der Waals surface area contributed by atoms with Crippen molar-refractivity contribution in [2.24, 2.45) is 0 Å². The highest BCUT2D eigenvalue weighted by Crippen LogP contribution is 2.26. The van der Waals surface area contributed by atoms with Gasteiger partial charge in [0.2, 0.25) is 0 Å². The van der Waals surface area contributed by atoms with Gasteiger partial charge in [-0.3, -0.25) is 20.4 Å². The Morgan fingerprint density at radius 2 is 1.72 bits per heavy atom. The highest BCUT2D eigenvalue weighted by Gasteiger charge is 2.21. The van der Waals surface area contributed by atoms with E-state index in [0.717, 1.165) is 18.2 Å². The van der Waals surface area contributed by atoms with Crippen molar-refractivity contribution >= 4 is 28.3 Å². The number of carbonyl (C=O) groups excluding carboxylic acids is 2. The maximum atomic E-state index is 12.7. The molecule has 1 fully saturated rings. The molecule has 2 N–H and O–H groups in total. The average Bonchev–Trinajstić information content (AvgIpc) is 3.24. The van der Waals surface area contributed by atoms with E-state index in [1.165, 1.54) is 11.3 Å². The van der Waals surface area contributed by atoms with E-state index in [1.807, 2.05) is 42.5 Å². The SMILES string of the molecule is Cc1nc(N2CCOCC2)sc1C(=O)NNC(=O)c1ccccc1COc1ccccc1. The smallest absolute Gasteiger partial charge is 0.281 e. The van der Waals surface area contributed by atoms with Crippen LogP contribution in [0.15, 0.2) is 54.6 Å². The third-order valence-corrected chi connectivity index (χ3v) is 6.18. The van der Waals surface area contributed by atoms with Crippen LogP contribution in [0, 0.1) is 6.92 Å². The standard InChI is InChI=1S/C23H24N4O4S/c1-16-20(32-23(24-16)27-11-13-30-14-12-27)22(29)26-25-21(28)19-10-6-5-7-17(19)15-31-18-8-3-2-4-9-18/h2-10H,11-15H2,1H3,(H,25,28)(H,26,29). The molecule has 9 heteroatoms. The van der Waals surface area contributed by atoms with Gasteiger partial charge in [-0.2, -0.15) is 0 Å². The number of morpholine rings is 1. The van der Waals surface area contributed by atoms with Gasteiger partial charge in [-0.25, -0.2) is 4.98 Å². The lowest BCUT2D eigenvalue weighted by Gasteiger charge is -2.25. The Labute approximate surface area is 190 Å². The van der Waals surface area contributed by atoms with Crippen LogP contribution in [0.2, 0.25) is 0 Å². The Morgan fingerprint density at radius 1 is 1.03 bits per heavy atom. The number of hydrazine groups is 1. The third kappa shape index (κ3) is 5.24. The van der Waals surface area contributed by atoms with Gasteiger partial charge in [-0.15, -0.1) is 0 Å². The summed E-state index contributed by atoms with van der Waals surface area (Å²) in [6, 6.07) is 16.5. The first-order valence-corrected chi connectivity index (χ1v) is 11.1. The second-order valence-electron chi connectivity index (χ2n) is 7.18. The molecule has 166 valence electrons. The van der Waals surface area contributed by atoms with Crippen LogP contribution in [0.5, 0.6) is 5.75 Å². The van der Waals surface area contributed by atoms with Crippen LogP contribution in [0.25, 0.3) is 0 Å². The van der Waals surface area contributed by atoms with E-state index in [2.05, 4.69) is 20.7 Å². The Morgan fingerprint density at radius 3 is 2.50 bits per heavy atom. The number of nitrogens with one attached hydrogen (secondary N) is 2. The van der Waals surface area contributed by atoms with E-state index in [-0.39, 0.29) is 6.61 Å². The van der Waals surface area contributed by atoms with Crippen LogP contribution in [0.1, 0.15) is 31.3 Å². The molecule has 0 radical (unpaired) electrons. The zero-order valence-corrected chi connectivity index (χ0v) is 18.5. The summed E-state index contributed by atoms with van der Waals surface area (Å²) < 4.78 is 11.1. The van der Waals surface area contributed by atoms with Crippen LogP contribution in [-0.4, -0.2) is 43.1 Å². The van der Waals surface area contributed by atoms with Gasteiger partial charge in [0.15, 0.2) is 5.13 Å². The van der Waals surface area contributed by atoms with E-state index in [0.29, 0.717) is 40.7 Å². The fraction of sp³-hybridized carbons (Fsp3) is 0.261. The number of amides is 2. The van der Waals surface area contributed by atoms with Crippen LogP contribution in [-0.2, 0) is 11.3 Å². The number of carbonyl (C=O) groups is 2. The molecule has 0 unspecified atom stereocenters. The predicted octanol–water partition coefficient (Wildman–Crippen LogP) is 2.94. The lowest BCUT2D eigenvalue weighted by Crippen LogP contribution is -2.42. The number of aromatic nitrogens is 1. The van der Waals surface area contributed by atoms with E-state index >= 15 is 0 Å². The molecule has 0 bridgehead atoms. The van der Waals surface area contributed by atoms with Gasteiger partial charge in [0, 0.05) is 24.2 Å². The van der Waals surface area contributed by atoms with Crippen molar-refractivity contribution in [3.63, 3.8) is 0 Å². The second kappa shape index (κ2) is 10.3. The topological polar surface area (TPSA) is 92.8 Å². The quantitative estimate of drug-likeness (QED) is 0.559. The number of nitrogens with zero attached hydrogens (tertiary/aromatic N) is 2. The summed E-state index contributed by atoms with van der Waals surface area (Å²) >= 11 is 1.31. The van der Waals surface area contributed by atoms with Crippen LogP contribution in [0.3, 0.4) is 0 Å². The fourth-order valence-electron chi connectivity index (χ4n) is 3.27. The molecule has 0 atom stereocenters. The number of hydrogen-bond acceptors (Lipinski definition) is 7. The maximum Gasteiger partial charge on any atom is 0.281 e. The fourth-order valence-corrected chi connectivity index (χ4v) is 4.28. The first-order valence-electron chi connectivity index (χ1n) is 10.3. The number of aryl methyl sites for hydroxylation is 1. The number of para-hydroxylation sites is 1. The zero-order valence-electron chi connectivity index (χ0n) is 17.7. The molecule has 2 aromatic carbocycles. The number of benzene rings is 2. The van der Waals surface area contributed by atoms with Crippen molar-refractivity contribution < 1.29 is 19.1 Å². The minimum Gasteiger partial charge on any atom is -0.489 e. The molecule has 1 aliphatic rings. The molecule has 8 nitrogen and oxygen atoms in total. The van der Waals surface area contributed by atoms with E-state index in [4.69, 9.17) is 9.47 Å². The highest BCUT2D eigenvalue weighted by molar-refractivity contribution is 7.17. The largest absolute Gasteiger partial charge is 0.489 e. The van der Waals surface area contributed by atoms with Gasteiger partial charge in [0.1, 0.15) is 17.2 Å². The summed E-state index contributed by atoms with van der Waals surface area (Å²) in [5.74, 6) is -0.0974. The number of thiazole rings is 1. The Balaban J connectivity index is 1.37. The minimum absolute atomic E-state index is 0.235. The molecule has 0 spiro atoms. The Kier molecular flexibility index (Phi) is 6.98. The van der Waals surface area contributed by atoms with E-state index in [1.54, 1.807) is 19.1 Å². The first kappa shape index (κ1) is 21.8. The summed E-state index contributed by atoms with van der Waals surface area (Å²) in [7, 11) is 0. The molecule has 3 aromatic rings. The predicted molar refractivity (Wildman–Crippen MR) is 122 cm³/mol. The normalized spacial score (nSPS) is 13.5. The van der Waals surface area contributed by atoms with Crippen LogP contribution in [0.4, 0.5) is 5.13 Å². The van der Waals surface area contributed by atoms with E-state index < -0.39 is 11.8 Å². The van der Waals surface area contributed by atoms with Crippen LogP contribution < -0.4 is 20.5 Å². The van der Waals surface area contributed by atoms with Gasteiger partial charge < -0.3 is 14.4 Å². The minimum atomic E-state index is -0.416. The van der Waals surface area contributed by atoms with Crippen molar-refractivity contribution in [1.29, 1.82) is 0 Å². The molecule has 1 saturated heterocycles. The first-order chi connectivity index (χ1) is 15.6. The van der Waals surface area contributed by atoms with Gasteiger partial charge in [-0.1, -0.05) is 47.7 Å². The monoisotopic (exact) mass is 452 g/mol. The van der Waals surface area contributed by atoms with Crippen molar-refractivity contribution in [2.75, 3.05) is 31.2 Å². The van der Waals surface area contributed by atoms with E-state index in [9.17, 15) is 9.59 Å². The maximum absolute atomic E-state index is 12.7. The molecule has 1 aliphatic heterocycles. The van der Waals surface area contributed by atoms with Crippen LogP contribution >= 0.6 is 11.3 Å². The summed E-state index contributed by atoms with van der Waals surface area (Å²) in [5.41, 5.74) is 6.78. The van der Waals surface area contributed by atoms with Gasteiger partial charge in [-0.05, 0) is 25.1 Å². The Bertz CT molecular complexity index is 1080. The van der Waals surface area contributed by atoms with Crippen molar-refractivity contribution in [3.8, 4) is 5.75 Å². The third-order valence-electron chi connectivity index (χ3n) is 4.96. The molecular weight excluding hydrogens is 428 g/mol. The molecule has 32 heavy (non-hydrogen) atoms. The molecule has 1 aromatic heterocycles. The molecular formula is C23H24N4O4S. The number of ether oxygens (including phenoxy) is 2. The number of rotatable bonds is 6. The summed E-state index contributed by atoms with van der Waals surface area (Å²) in [5, 5.41) is 0.783. The second-order valence-corrected chi connectivity index (χ2v) is 8.16. The summed E-state index contributed by atoms with van der Waals surface area (Å²) in [4.78, 5) is 32.5. The molecule has 4 rings (SSSR count). The lowest BCUT2D eigenvalue weighted by atomic mass is 10.1. The molecule has 2 amide bonds. The lowest BCUT2D eigenvalue weighted by molar-refractivity contribution is 0.0847.